The van der Waals surface area contributed by atoms with Crippen LogP contribution in [0.3, 0.4) is 0 Å². The van der Waals surface area contributed by atoms with Gasteiger partial charge < -0.3 is 5.21 Å². The largest absolute Gasteiger partial charge is 0.421 e. The zero-order valence-electron chi connectivity index (χ0n) is 5.16. The Kier molecular flexibility index (Phi) is 1.29. The van der Waals surface area contributed by atoms with Crippen molar-refractivity contribution in [3.8, 4) is 0 Å². The maximum absolute atomic E-state index is 10.6. The predicted octanol–water partition coefficient (Wildman–Crippen LogP) is -1.52. The molecular weight excluding hydrogens is 138 g/mol. The van der Waals surface area contributed by atoms with Crippen LogP contribution >= 0.6 is 0 Å². The van der Waals surface area contributed by atoms with Gasteiger partial charge in [0.15, 0.2) is 0 Å². The molecule has 10 heavy (non-hydrogen) atoms. The van der Waals surface area contributed by atoms with Crippen molar-refractivity contribution in [2.24, 2.45) is 0 Å². The Labute approximate surface area is 54.7 Å². The van der Waals surface area contributed by atoms with Crippen molar-refractivity contribution in [3.05, 3.63) is 26.5 Å². The highest BCUT2D eigenvalue weighted by atomic mass is 16.5. The number of aromatic nitrogens is 3. The van der Waals surface area contributed by atoms with Crippen LogP contribution in [-0.4, -0.2) is 20.1 Å². The van der Waals surface area contributed by atoms with Gasteiger partial charge in [-0.15, -0.1) is 0 Å². The van der Waals surface area contributed by atoms with Gasteiger partial charge in [0.25, 0.3) is 0 Å². The number of nitrogens with zero attached hydrogens (tertiary/aromatic N) is 2. The third kappa shape index (κ3) is 0.790. The molecule has 54 valence electrons. The smallest absolute Gasteiger partial charge is 0.378 e. The zero-order valence-corrected chi connectivity index (χ0v) is 5.16. The molecule has 0 bridgehead atoms. The van der Waals surface area contributed by atoms with E-state index < -0.39 is 11.2 Å². The monoisotopic (exact) mass is 143 g/mol. The molecule has 2 N–H and O–H groups in total. The first kappa shape index (κ1) is 6.53. The Hall–Kier alpha value is -1.59. The van der Waals surface area contributed by atoms with E-state index in [1.807, 2.05) is 5.10 Å². The van der Waals surface area contributed by atoms with Crippen LogP contribution in [0.5, 0.6) is 0 Å². The fourth-order valence-corrected chi connectivity index (χ4v) is 0.472. The number of hydrogen-bond donors (Lipinski definition) is 2. The molecule has 0 aliphatic heterocycles. The van der Waals surface area contributed by atoms with Gasteiger partial charge in [0.05, 0.1) is 0 Å². The highest BCUT2D eigenvalue weighted by Gasteiger charge is 2.00. The van der Waals surface area contributed by atoms with E-state index in [0.717, 1.165) is 0 Å². The number of aromatic amines is 1. The lowest BCUT2D eigenvalue weighted by molar-refractivity contribution is 0.156. The van der Waals surface area contributed by atoms with Gasteiger partial charge in [-0.05, 0) is 6.92 Å². The van der Waals surface area contributed by atoms with Crippen molar-refractivity contribution in [2.45, 2.75) is 6.92 Å². The van der Waals surface area contributed by atoms with Crippen molar-refractivity contribution in [2.75, 3.05) is 0 Å². The fraction of sp³-hybridized carbons (Fsp3) is 0.250. The van der Waals surface area contributed by atoms with Crippen LogP contribution in [0.25, 0.3) is 0 Å². The van der Waals surface area contributed by atoms with Gasteiger partial charge in [-0.2, -0.15) is 5.10 Å². The highest BCUT2D eigenvalue weighted by molar-refractivity contribution is 4.87. The van der Waals surface area contributed by atoms with Crippen molar-refractivity contribution in [1.82, 2.24) is 14.9 Å². The van der Waals surface area contributed by atoms with Crippen LogP contribution in [-0.2, 0) is 0 Å². The first-order valence-corrected chi connectivity index (χ1v) is 2.50. The van der Waals surface area contributed by atoms with Crippen LogP contribution in [0, 0.1) is 6.92 Å². The van der Waals surface area contributed by atoms with E-state index in [4.69, 9.17) is 5.21 Å². The van der Waals surface area contributed by atoms with Crippen LogP contribution in [0.2, 0.25) is 0 Å². The summed E-state index contributed by atoms with van der Waals surface area (Å²) in [4.78, 5) is 21.0. The third-order valence-electron chi connectivity index (χ3n) is 1.01. The molecule has 0 amide bonds. The Balaban J connectivity index is 3.66. The van der Waals surface area contributed by atoms with E-state index in [1.165, 1.54) is 6.92 Å². The summed E-state index contributed by atoms with van der Waals surface area (Å²) < 4.78 is -0.0255. The van der Waals surface area contributed by atoms with Gasteiger partial charge in [0.1, 0.15) is 5.69 Å². The lowest BCUT2D eigenvalue weighted by Gasteiger charge is -1.91. The summed E-state index contributed by atoms with van der Waals surface area (Å²) in [6, 6.07) is 0. The minimum absolute atomic E-state index is 0.0255. The molecule has 0 saturated heterocycles. The summed E-state index contributed by atoms with van der Waals surface area (Å²) in [5, 5.41) is 13.8. The molecule has 0 aromatic carbocycles. The second-order valence-electron chi connectivity index (χ2n) is 1.73. The van der Waals surface area contributed by atoms with E-state index >= 15 is 0 Å². The second kappa shape index (κ2) is 1.98. The molecular formula is C4H5N3O3. The van der Waals surface area contributed by atoms with Gasteiger partial charge in [-0.1, -0.05) is 4.73 Å². The zero-order chi connectivity index (χ0) is 7.72. The first-order chi connectivity index (χ1) is 4.63. The first-order valence-electron chi connectivity index (χ1n) is 2.50. The molecule has 0 saturated carbocycles. The Morgan fingerprint density at radius 3 is 2.70 bits per heavy atom. The van der Waals surface area contributed by atoms with Crippen molar-refractivity contribution in [3.63, 3.8) is 0 Å². The second-order valence-corrected chi connectivity index (χ2v) is 1.73. The van der Waals surface area contributed by atoms with E-state index in [-0.39, 0.29) is 10.4 Å². The molecule has 0 atom stereocenters. The molecule has 1 aromatic heterocycles. The normalized spacial score (nSPS) is 9.70. The van der Waals surface area contributed by atoms with Crippen LogP contribution < -0.4 is 11.2 Å². The summed E-state index contributed by atoms with van der Waals surface area (Å²) in [6.07, 6.45) is 0. The maximum Gasteiger partial charge on any atom is 0.378 e. The van der Waals surface area contributed by atoms with E-state index in [2.05, 4.69) is 5.10 Å². The van der Waals surface area contributed by atoms with Crippen LogP contribution in [0.4, 0.5) is 0 Å². The molecule has 0 spiro atoms. The lowest BCUT2D eigenvalue weighted by Crippen LogP contribution is -2.35. The quantitative estimate of drug-likeness (QED) is 0.431. The number of hydrogen-bond acceptors (Lipinski definition) is 4. The number of rotatable bonds is 0. The Bertz CT molecular complexity index is 350. The number of aryl methyl sites for hydroxylation is 1. The van der Waals surface area contributed by atoms with E-state index in [9.17, 15) is 9.59 Å². The molecule has 0 aliphatic carbocycles. The Morgan fingerprint density at radius 1 is 1.60 bits per heavy atom. The average Bonchev–Trinajstić information content (AvgIpc) is 1.93. The minimum Gasteiger partial charge on any atom is -0.421 e. The summed E-state index contributed by atoms with van der Waals surface area (Å²) in [5.41, 5.74) is -1.69. The third-order valence-corrected chi connectivity index (χ3v) is 1.01. The molecule has 1 rings (SSSR count). The summed E-state index contributed by atoms with van der Waals surface area (Å²) in [5.74, 6) is 0. The molecule has 0 fully saturated rings. The lowest BCUT2D eigenvalue weighted by atomic mass is 10.5. The molecule has 0 aliphatic rings. The summed E-state index contributed by atoms with van der Waals surface area (Å²) in [6.45, 7) is 1.38. The average molecular weight is 143 g/mol. The van der Waals surface area contributed by atoms with Gasteiger partial charge in [0.2, 0.25) is 0 Å². The van der Waals surface area contributed by atoms with Gasteiger partial charge >= 0.3 is 11.2 Å². The summed E-state index contributed by atoms with van der Waals surface area (Å²) in [7, 11) is 0. The fourth-order valence-electron chi connectivity index (χ4n) is 0.472. The molecule has 1 aromatic rings. The van der Waals surface area contributed by atoms with Crippen molar-refractivity contribution >= 4 is 0 Å². The topological polar surface area (TPSA) is 88.0 Å². The summed E-state index contributed by atoms with van der Waals surface area (Å²) >= 11 is 0. The predicted molar refractivity (Wildman–Crippen MR) is 31.0 cm³/mol. The number of nitrogens with one attached hydrogen (secondary N) is 1. The molecule has 6 heteroatoms. The molecule has 1 heterocycles. The van der Waals surface area contributed by atoms with Gasteiger partial charge in [-0.3, -0.25) is 4.79 Å². The van der Waals surface area contributed by atoms with Crippen molar-refractivity contribution in [1.29, 1.82) is 0 Å². The SMILES string of the molecule is Cc1n[nH]c(=O)n(O)c1=O. The molecule has 6 nitrogen and oxygen atoms in total. The van der Waals surface area contributed by atoms with Gasteiger partial charge in [0, 0.05) is 0 Å². The van der Waals surface area contributed by atoms with Crippen LogP contribution in [0.1, 0.15) is 5.69 Å². The molecule has 0 radical (unpaired) electrons. The highest BCUT2D eigenvalue weighted by Crippen LogP contribution is 1.68. The molecule has 0 unspecified atom stereocenters. The maximum atomic E-state index is 10.6. The van der Waals surface area contributed by atoms with Crippen molar-refractivity contribution < 1.29 is 5.21 Å². The number of H-pyrrole nitrogens is 1. The minimum atomic E-state index is -0.935. The van der Waals surface area contributed by atoms with Crippen LogP contribution in [0.15, 0.2) is 9.59 Å². The Morgan fingerprint density at radius 2 is 2.20 bits per heavy atom. The van der Waals surface area contributed by atoms with E-state index in [1.54, 1.807) is 0 Å². The van der Waals surface area contributed by atoms with E-state index in [0.29, 0.717) is 0 Å². The van der Waals surface area contributed by atoms with Gasteiger partial charge in [-0.25, -0.2) is 9.89 Å². The standard InChI is InChI=1S/C4H5N3O3/c1-2-3(8)7(10)4(9)6-5-2/h10H,1H3,(H,6,9).